The number of Topliss-reactive ketones (excluding diaryl/α,β-unsaturated/α-hetero) is 2. The Balaban J connectivity index is 1.64. The third-order valence-corrected chi connectivity index (χ3v) is 6.50. The maximum absolute atomic E-state index is 13.7. The van der Waals surface area contributed by atoms with Crippen LogP contribution >= 0.6 is 11.6 Å². The smallest absolute Gasteiger partial charge is 0.185 e. The van der Waals surface area contributed by atoms with Crippen molar-refractivity contribution in [3.05, 3.63) is 58.7 Å². The van der Waals surface area contributed by atoms with E-state index in [2.05, 4.69) is 10.3 Å². The number of hydrogen-bond donors (Lipinski definition) is 2. The third-order valence-electron chi connectivity index (χ3n) is 6.18. The lowest BCUT2D eigenvalue weighted by atomic mass is 9.70. The van der Waals surface area contributed by atoms with Crippen LogP contribution < -0.4 is 14.8 Å². The summed E-state index contributed by atoms with van der Waals surface area (Å²) in [6.07, 6.45) is 2.83. The number of benzene rings is 2. The molecule has 2 N–H and O–H groups in total. The molecule has 2 aromatic carbocycles. The normalized spacial score (nSPS) is 20.1. The highest BCUT2D eigenvalue weighted by atomic mass is 35.5. The molecule has 3 heterocycles. The minimum absolute atomic E-state index is 0.244. The highest BCUT2D eigenvalue weighted by Crippen LogP contribution is 2.46. The van der Waals surface area contributed by atoms with E-state index >= 15 is 0 Å². The van der Waals surface area contributed by atoms with Gasteiger partial charge in [0.2, 0.25) is 0 Å². The topological polar surface area (TPSA) is 80.4 Å². The SMILES string of the molecule is COc1cccc2c1C(=O)C(C(=O)c1ccc3c(Cl)c[nH]c3c1)C1(CCNCC1)O2. The van der Waals surface area contributed by atoms with E-state index in [-0.39, 0.29) is 11.6 Å². The molecule has 0 amide bonds. The summed E-state index contributed by atoms with van der Waals surface area (Å²) in [6.45, 7) is 1.36. The summed E-state index contributed by atoms with van der Waals surface area (Å²) in [6, 6.07) is 10.6. The van der Waals surface area contributed by atoms with Crippen molar-refractivity contribution in [2.24, 2.45) is 5.92 Å². The molecule has 2 aliphatic rings. The van der Waals surface area contributed by atoms with Gasteiger partial charge in [0.15, 0.2) is 11.6 Å². The van der Waals surface area contributed by atoms with E-state index in [1.165, 1.54) is 7.11 Å². The molecule has 0 aliphatic carbocycles. The van der Waals surface area contributed by atoms with Gasteiger partial charge in [-0.05, 0) is 31.3 Å². The van der Waals surface area contributed by atoms with Gasteiger partial charge in [-0.1, -0.05) is 29.8 Å². The van der Waals surface area contributed by atoms with Gasteiger partial charge in [0.1, 0.15) is 28.6 Å². The average Bonchev–Trinajstić information content (AvgIpc) is 3.13. The van der Waals surface area contributed by atoms with Gasteiger partial charge in [-0.25, -0.2) is 0 Å². The molecule has 1 saturated heterocycles. The monoisotopic (exact) mass is 424 g/mol. The number of methoxy groups -OCH3 is 1. The first-order chi connectivity index (χ1) is 14.5. The number of ketones is 2. The quantitative estimate of drug-likeness (QED) is 0.490. The molecule has 154 valence electrons. The first kappa shape index (κ1) is 19.2. The standard InChI is InChI=1S/C23H21ClN2O4/c1-29-17-3-2-4-18-19(17)22(28)20(23(30-18)7-9-25-10-8-23)21(27)13-5-6-14-15(24)12-26-16(14)11-13/h2-6,11-12,20,25-26H,7-10H2,1H3. The summed E-state index contributed by atoms with van der Waals surface area (Å²) in [5.41, 5.74) is 0.680. The van der Waals surface area contributed by atoms with Gasteiger partial charge in [0.05, 0.1) is 12.1 Å². The molecule has 1 atom stereocenters. The Labute approximate surface area is 178 Å². The lowest BCUT2D eigenvalue weighted by Crippen LogP contribution is -2.58. The molecule has 0 saturated carbocycles. The second kappa shape index (κ2) is 7.15. The number of fused-ring (bicyclic) bond motifs is 2. The van der Waals surface area contributed by atoms with Crippen molar-refractivity contribution in [3.63, 3.8) is 0 Å². The third kappa shape index (κ3) is 2.82. The molecular weight excluding hydrogens is 404 g/mol. The number of carbonyl (C=O) groups is 2. The number of rotatable bonds is 3. The Morgan fingerprint density at radius 3 is 2.80 bits per heavy atom. The van der Waals surface area contributed by atoms with E-state index in [0.29, 0.717) is 53.6 Å². The van der Waals surface area contributed by atoms with E-state index < -0.39 is 11.5 Å². The summed E-state index contributed by atoms with van der Waals surface area (Å²) < 4.78 is 11.8. The van der Waals surface area contributed by atoms with Gasteiger partial charge in [0.25, 0.3) is 0 Å². The van der Waals surface area contributed by atoms with Crippen LogP contribution in [0.2, 0.25) is 5.02 Å². The Morgan fingerprint density at radius 2 is 2.03 bits per heavy atom. The van der Waals surface area contributed by atoms with Gasteiger partial charge in [-0.2, -0.15) is 0 Å². The predicted octanol–water partition coefficient (Wildman–Crippen LogP) is 4.03. The minimum Gasteiger partial charge on any atom is -0.496 e. The number of halogens is 1. The Morgan fingerprint density at radius 1 is 1.23 bits per heavy atom. The number of hydrogen-bond acceptors (Lipinski definition) is 5. The van der Waals surface area contributed by atoms with Gasteiger partial charge in [-0.3, -0.25) is 9.59 Å². The maximum atomic E-state index is 13.7. The molecule has 2 aliphatic heterocycles. The van der Waals surface area contributed by atoms with E-state index in [1.54, 1.807) is 42.6 Å². The fraction of sp³-hybridized carbons (Fsp3) is 0.304. The summed E-state index contributed by atoms with van der Waals surface area (Å²) in [5.74, 6) is -0.523. The van der Waals surface area contributed by atoms with E-state index in [4.69, 9.17) is 21.1 Å². The molecule has 1 fully saturated rings. The lowest BCUT2D eigenvalue weighted by molar-refractivity contribution is -0.0141. The van der Waals surface area contributed by atoms with Gasteiger partial charge >= 0.3 is 0 Å². The Kier molecular flexibility index (Phi) is 4.56. The van der Waals surface area contributed by atoms with E-state index in [1.807, 2.05) is 0 Å². The first-order valence-corrected chi connectivity index (χ1v) is 10.3. The lowest BCUT2D eigenvalue weighted by Gasteiger charge is -2.45. The van der Waals surface area contributed by atoms with Crippen LogP contribution in [0.15, 0.2) is 42.6 Å². The van der Waals surface area contributed by atoms with Crippen LogP contribution in [0.3, 0.4) is 0 Å². The van der Waals surface area contributed by atoms with Crippen molar-refractivity contribution in [2.45, 2.75) is 18.4 Å². The Bertz CT molecular complexity index is 1160. The molecule has 1 aromatic heterocycles. The van der Waals surface area contributed by atoms with Gasteiger partial charge in [0, 0.05) is 35.5 Å². The number of ether oxygens (including phenoxy) is 2. The second-order valence-electron chi connectivity index (χ2n) is 7.81. The number of aromatic amines is 1. The van der Waals surface area contributed by atoms with Crippen LogP contribution in [-0.4, -0.2) is 42.4 Å². The molecule has 1 unspecified atom stereocenters. The number of H-pyrrole nitrogens is 1. The van der Waals surface area contributed by atoms with Crippen molar-refractivity contribution in [3.8, 4) is 11.5 Å². The van der Waals surface area contributed by atoms with Crippen LogP contribution in [-0.2, 0) is 0 Å². The van der Waals surface area contributed by atoms with E-state index in [0.717, 1.165) is 10.9 Å². The molecule has 1 spiro atoms. The largest absolute Gasteiger partial charge is 0.496 e. The molecule has 7 heteroatoms. The van der Waals surface area contributed by atoms with Gasteiger partial charge < -0.3 is 19.8 Å². The fourth-order valence-corrected chi connectivity index (χ4v) is 4.90. The van der Waals surface area contributed by atoms with Crippen molar-refractivity contribution >= 4 is 34.1 Å². The fourth-order valence-electron chi connectivity index (χ4n) is 4.68. The second-order valence-corrected chi connectivity index (χ2v) is 8.22. The van der Waals surface area contributed by atoms with Crippen molar-refractivity contribution in [1.82, 2.24) is 10.3 Å². The van der Waals surface area contributed by atoms with Crippen molar-refractivity contribution < 1.29 is 19.1 Å². The molecular formula is C23H21ClN2O4. The number of carbonyl (C=O) groups excluding carboxylic acids is 2. The highest BCUT2D eigenvalue weighted by molar-refractivity contribution is 6.35. The summed E-state index contributed by atoms with van der Waals surface area (Å²) >= 11 is 6.17. The number of piperidine rings is 1. The average molecular weight is 425 g/mol. The van der Waals surface area contributed by atoms with Crippen molar-refractivity contribution in [1.29, 1.82) is 0 Å². The van der Waals surface area contributed by atoms with Crippen LogP contribution in [0.1, 0.15) is 33.6 Å². The zero-order chi connectivity index (χ0) is 20.9. The van der Waals surface area contributed by atoms with Gasteiger partial charge in [-0.15, -0.1) is 0 Å². The summed E-state index contributed by atoms with van der Waals surface area (Å²) in [5, 5.41) is 4.73. The molecule has 0 bridgehead atoms. The van der Waals surface area contributed by atoms with Crippen LogP contribution in [0.4, 0.5) is 0 Å². The Hall–Kier alpha value is -2.83. The summed E-state index contributed by atoms with van der Waals surface area (Å²) in [4.78, 5) is 30.5. The zero-order valence-electron chi connectivity index (χ0n) is 16.5. The molecule has 0 radical (unpaired) electrons. The molecule has 30 heavy (non-hydrogen) atoms. The number of aromatic nitrogens is 1. The number of nitrogens with one attached hydrogen (secondary N) is 2. The zero-order valence-corrected chi connectivity index (χ0v) is 17.2. The maximum Gasteiger partial charge on any atom is 0.185 e. The first-order valence-electron chi connectivity index (χ1n) is 9.96. The van der Waals surface area contributed by atoms with Crippen molar-refractivity contribution in [2.75, 3.05) is 20.2 Å². The van der Waals surface area contributed by atoms with E-state index in [9.17, 15) is 9.59 Å². The predicted molar refractivity (Wildman–Crippen MR) is 114 cm³/mol. The van der Waals surface area contributed by atoms with Crippen LogP contribution in [0.5, 0.6) is 11.5 Å². The van der Waals surface area contributed by atoms with Crippen LogP contribution in [0, 0.1) is 5.92 Å². The molecule has 3 aromatic rings. The highest BCUT2D eigenvalue weighted by Gasteiger charge is 2.54. The van der Waals surface area contributed by atoms with Crippen LogP contribution in [0.25, 0.3) is 10.9 Å². The summed E-state index contributed by atoms with van der Waals surface area (Å²) in [7, 11) is 1.51. The molecule has 6 nitrogen and oxygen atoms in total. The minimum atomic E-state index is -0.939. The molecule has 5 rings (SSSR count).